The lowest BCUT2D eigenvalue weighted by Crippen LogP contribution is -2.34. The molecule has 5 heteroatoms. The van der Waals surface area contributed by atoms with Gasteiger partial charge in [-0.1, -0.05) is 36.2 Å². The first-order valence-corrected chi connectivity index (χ1v) is 9.04. The smallest absolute Gasteiger partial charge is 0.157 e. The third kappa shape index (κ3) is 3.11. The van der Waals surface area contributed by atoms with Crippen LogP contribution in [0.5, 0.6) is 0 Å². The highest BCUT2D eigenvalue weighted by atomic mass is 35.5. The van der Waals surface area contributed by atoms with Gasteiger partial charge in [0.25, 0.3) is 0 Å². The van der Waals surface area contributed by atoms with Crippen LogP contribution in [0, 0.1) is 5.41 Å². The van der Waals surface area contributed by atoms with Crippen LogP contribution in [0.25, 0.3) is 0 Å². The van der Waals surface area contributed by atoms with E-state index in [0.717, 1.165) is 16.0 Å². The van der Waals surface area contributed by atoms with E-state index in [1.54, 1.807) is 11.3 Å². The van der Waals surface area contributed by atoms with E-state index in [2.05, 4.69) is 18.3 Å². The molecule has 1 unspecified atom stereocenters. The maximum atomic E-state index is 5.98. The van der Waals surface area contributed by atoms with Crippen molar-refractivity contribution < 1.29 is 0 Å². The van der Waals surface area contributed by atoms with E-state index in [9.17, 15) is 0 Å². The van der Waals surface area contributed by atoms with E-state index in [0.29, 0.717) is 11.5 Å². The second kappa shape index (κ2) is 5.66. The quantitative estimate of drug-likeness (QED) is 0.854. The first-order valence-electron chi connectivity index (χ1n) is 6.86. The van der Waals surface area contributed by atoms with Crippen molar-refractivity contribution in [3.8, 4) is 0 Å². The molecule has 1 aliphatic carbocycles. The molecule has 0 radical (unpaired) electrons. The zero-order chi connectivity index (χ0) is 13.3. The lowest BCUT2D eigenvalue weighted by molar-refractivity contribution is 0.358. The molecule has 0 saturated heterocycles. The monoisotopic (exact) mass is 314 g/mol. The first-order chi connectivity index (χ1) is 9.17. The molecule has 1 aliphatic heterocycles. The second-order valence-electron chi connectivity index (χ2n) is 5.63. The third-order valence-corrected chi connectivity index (χ3v) is 6.79. The number of aliphatic imine (C=N–C) groups is 1. The number of halogens is 1. The molecule has 0 aromatic carbocycles. The molecule has 1 aromatic heterocycles. The minimum Gasteiger partial charge on any atom is -0.358 e. The summed E-state index contributed by atoms with van der Waals surface area (Å²) in [5.74, 6) is 1.23. The van der Waals surface area contributed by atoms with Gasteiger partial charge in [0, 0.05) is 17.2 Å². The molecule has 2 nitrogen and oxygen atoms in total. The number of nitrogens with one attached hydrogen (secondary N) is 1. The number of nitrogens with zero attached hydrogens (tertiary/aromatic N) is 1. The van der Waals surface area contributed by atoms with E-state index in [1.807, 2.05) is 17.8 Å². The van der Waals surface area contributed by atoms with Gasteiger partial charge < -0.3 is 5.32 Å². The fourth-order valence-electron chi connectivity index (χ4n) is 2.88. The Kier molecular flexibility index (Phi) is 4.11. The molecule has 0 amide bonds. The van der Waals surface area contributed by atoms with Crippen molar-refractivity contribution in [2.75, 3.05) is 12.3 Å². The van der Waals surface area contributed by atoms with Gasteiger partial charge in [-0.3, -0.25) is 4.99 Å². The molecular weight excluding hydrogens is 296 g/mol. The normalized spacial score (nSPS) is 23.4. The molecule has 1 saturated carbocycles. The summed E-state index contributed by atoms with van der Waals surface area (Å²) in [5, 5.41) is 4.63. The van der Waals surface area contributed by atoms with Crippen LogP contribution in [0.2, 0.25) is 4.34 Å². The van der Waals surface area contributed by atoms with Gasteiger partial charge in [-0.2, -0.15) is 0 Å². The first kappa shape index (κ1) is 13.8. The van der Waals surface area contributed by atoms with Gasteiger partial charge in [-0.25, -0.2) is 0 Å². The third-order valence-electron chi connectivity index (χ3n) is 4.10. The fraction of sp³-hybridized carbons (Fsp3) is 0.643. The average molecular weight is 315 g/mol. The van der Waals surface area contributed by atoms with Crippen molar-refractivity contribution in [3.63, 3.8) is 0 Å². The van der Waals surface area contributed by atoms with E-state index in [4.69, 9.17) is 16.6 Å². The van der Waals surface area contributed by atoms with Crippen LogP contribution >= 0.6 is 34.7 Å². The van der Waals surface area contributed by atoms with E-state index in [1.165, 1.54) is 36.3 Å². The van der Waals surface area contributed by atoms with Crippen molar-refractivity contribution in [2.24, 2.45) is 10.4 Å². The van der Waals surface area contributed by atoms with E-state index >= 15 is 0 Å². The molecule has 1 fully saturated rings. The highest BCUT2D eigenvalue weighted by Gasteiger charge is 2.36. The molecule has 3 rings (SSSR count). The van der Waals surface area contributed by atoms with Crippen LogP contribution in [0.4, 0.5) is 0 Å². The van der Waals surface area contributed by atoms with Gasteiger partial charge in [-0.05, 0) is 37.3 Å². The molecule has 1 aromatic rings. The van der Waals surface area contributed by atoms with Crippen LogP contribution in [-0.4, -0.2) is 17.5 Å². The maximum absolute atomic E-state index is 5.98. The van der Waals surface area contributed by atoms with Gasteiger partial charge in [0.2, 0.25) is 0 Å². The van der Waals surface area contributed by atoms with Crippen LogP contribution in [0.3, 0.4) is 0 Å². The summed E-state index contributed by atoms with van der Waals surface area (Å²) in [4.78, 5) is 6.05. The number of rotatable bonds is 2. The summed E-state index contributed by atoms with van der Waals surface area (Å²) in [5.41, 5.74) is 0.519. The summed E-state index contributed by atoms with van der Waals surface area (Å²) in [6.45, 7) is 3.19. The Morgan fingerprint density at radius 3 is 2.74 bits per heavy atom. The Balaban J connectivity index is 1.60. The minimum atomic E-state index is 0.293. The van der Waals surface area contributed by atoms with Crippen LogP contribution in [-0.2, 0) is 0 Å². The standard InChI is InChI=1S/C14H19ClN2S2/c1-10(11-4-5-12(15)19-11)17-13-16-8-14(9-18-13)6-2-3-7-14/h4-5,10H,2-3,6-9H2,1H3,(H,16,17). The van der Waals surface area contributed by atoms with Gasteiger partial charge in [-0.15, -0.1) is 11.3 Å². The van der Waals surface area contributed by atoms with E-state index < -0.39 is 0 Å². The Morgan fingerprint density at radius 2 is 2.16 bits per heavy atom. The molecular formula is C14H19ClN2S2. The number of amidine groups is 1. The molecule has 1 spiro atoms. The Hall–Kier alpha value is -0.190. The predicted octanol–water partition coefficient (Wildman–Crippen LogP) is 4.72. The fourth-order valence-corrected chi connectivity index (χ4v) is 5.19. The Labute approximate surface area is 128 Å². The zero-order valence-electron chi connectivity index (χ0n) is 11.1. The summed E-state index contributed by atoms with van der Waals surface area (Å²) in [7, 11) is 0. The average Bonchev–Trinajstić information content (AvgIpc) is 3.02. The van der Waals surface area contributed by atoms with Crippen molar-refractivity contribution in [1.29, 1.82) is 0 Å². The summed E-state index contributed by atoms with van der Waals surface area (Å²) in [6.07, 6.45) is 5.52. The van der Waals surface area contributed by atoms with Crippen LogP contribution < -0.4 is 5.32 Å². The van der Waals surface area contributed by atoms with Crippen molar-refractivity contribution in [1.82, 2.24) is 5.32 Å². The van der Waals surface area contributed by atoms with Gasteiger partial charge in [0.1, 0.15) is 0 Å². The lowest BCUT2D eigenvalue weighted by Gasteiger charge is -2.31. The van der Waals surface area contributed by atoms with Crippen LogP contribution in [0.15, 0.2) is 17.1 Å². The largest absolute Gasteiger partial charge is 0.358 e. The number of thioether (sulfide) groups is 1. The van der Waals surface area contributed by atoms with Crippen molar-refractivity contribution in [3.05, 3.63) is 21.3 Å². The summed E-state index contributed by atoms with van der Waals surface area (Å²) < 4.78 is 0.854. The summed E-state index contributed by atoms with van der Waals surface area (Å²) in [6, 6.07) is 4.35. The van der Waals surface area contributed by atoms with Crippen molar-refractivity contribution >= 4 is 39.9 Å². The summed E-state index contributed by atoms with van der Waals surface area (Å²) >= 11 is 9.53. The minimum absolute atomic E-state index is 0.293. The highest BCUT2D eigenvalue weighted by Crippen LogP contribution is 2.43. The Bertz CT molecular complexity index is 478. The van der Waals surface area contributed by atoms with E-state index in [-0.39, 0.29) is 0 Å². The topological polar surface area (TPSA) is 24.4 Å². The Morgan fingerprint density at radius 1 is 1.37 bits per heavy atom. The number of thiophene rings is 1. The van der Waals surface area contributed by atoms with Crippen molar-refractivity contribution in [2.45, 2.75) is 38.6 Å². The second-order valence-corrected chi connectivity index (χ2v) is 8.34. The van der Waals surface area contributed by atoms with Crippen LogP contribution in [0.1, 0.15) is 43.5 Å². The van der Waals surface area contributed by atoms with Gasteiger partial charge in [0.05, 0.1) is 10.4 Å². The SMILES string of the molecule is CC(NC1=NCC2(CCCC2)CS1)c1ccc(Cl)s1. The number of hydrogen-bond acceptors (Lipinski definition) is 4. The van der Waals surface area contributed by atoms with Gasteiger partial charge in [0.15, 0.2) is 5.17 Å². The molecule has 2 aliphatic rings. The lowest BCUT2D eigenvalue weighted by atomic mass is 9.89. The molecule has 1 N–H and O–H groups in total. The van der Waals surface area contributed by atoms with Gasteiger partial charge >= 0.3 is 0 Å². The number of hydrogen-bond donors (Lipinski definition) is 1. The maximum Gasteiger partial charge on any atom is 0.157 e. The molecule has 19 heavy (non-hydrogen) atoms. The molecule has 2 heterocycles. The molecule has 1 atom stereocenters. The highest BCUT2D eigenvalue weighted by molar-refractivity contribution is 8.13. The zero-order valence-corrected chi connectivity index (χ0v) is 13.5. The molecule has 104 valence electrons. The molecule has 0 bridgehead atoms. The predicted molar refractivity (Wildman–Crippen MR) is 86.5 cm³/mol.